The molecule has 0 bridgehead atoms. The molecule has 1 aliphatic heterocycles. The summed E-state index contributed by atoms with van der Waals surface area (Å²) < 4.78 is 40.2. The van der Waals surface area contributed by atoms with E-state index in [1.165, 1.54) is 18.2 Å². The third-order valence-electron chi connectivity index (χ3n) is 4.55. The van der Waals surface area contributed by atoms with Crippen LogP contribution in [0.5, 0.6) is 0 Å². The first-order chi connectivity index (χ1) is 12.8. The summed E-state index contributed by atoms with van der Waals surface area (Å²) >= 11 is 1.55. The molecule has 2 aromatic carbocycles. The Labute approximate surface area is 157 Å². The van der Waals surface area contributed by atoms with Crippen molar-refractivity contribution in [2.45, 2.75) is 13.1 Å². The standard InChI is InChI=1S/C19H16F3N3OS/c1-11-6-7-15-16(8-11)27-18(24-15)25-9-12(10-25)17(26)23-14-5-3-2-4-13(14)19(20,21)22/h2-8,12H,9-10H2,1H3,(H,23,26). The summed E-state index contributed by atoms with van der Waals surface area (Å²) in [6.45, 7) is 2.90. The molecule has 4 nitrogen and oxygen atoms in total. The predicted molar refractivity (Wildman–Crippen MR) is 100 cm³/mol. The van der Waals surface area contributed by atoms with Crippen molar-refractivity contribution in [2.75, 3.05) is 23.3 Å². The molecule has 1 N–H and O–H groups in total. The van der Waals surface area contributed by atoms with Gasteiger partial charge in [0.05, 0.1) is 27.4 Å². The fraction of sp³-hybridized carbons (Fsp3) is 0.263. The highest BCUT2D eigenvalue weighted by Gasteiger charge is 2.37. The summed E-state index contributed by atoms with van der Waals surface area (Å²) in [6, 6.07) is 11.0. The van der Waals surface area contributed by atoms with Crippen LogP contribution in [0.3, 0.4) is 0 Å². The van der Waals surface area contributed by atoms with Gasteiger partial charge in [0.25, 0.3) is 0 Å². The number of carbonyl (C=O) groups is 1. The van der Waals surface area contributed by atoms with Crippen LogP contribution in [0.1, 0.15) is 11.1 Å². The van der Waals surface area contributed by atoms with Gasteiger partial charge >= 0.3 is 6.18 Å². The number of rotatable bonds is 3. The highest BCUT2D eigenvalue weighted by atomic mass is 32.1. The van der Waals surface area contributed by atoms with Crippen molar-refractivity contribution in [3.63, 3.8) is 0 Å². The van der Waals surface area contributed by atoms with Crippen LogP contribution in [0.2, 0.25) is 0 Å². The monoisotopic (exact) mass is 391 g/mol. The van der Waals surface area contributed by atoms with Crippen molar-refractivity contribution >= 4 is 38.3 Å². The number of alkyl halides is 3. The van der Waals surface area contributed by atoms with E-state index in [2.05, 4.69) is 16.4 Å². The fourth-order valence-electron chi connectivity index (χ4n) is 3.03. The molecule has 8 heteroatoms. The number of nitrogens with one attached hydrogen (secondary N) is 1. The average Bonchev–Trinajstić information content (AvgIpc) is 2.95. The molecule has 1 aliphatic rings. The van der Waals surface area contributed by atoms with Crippen LogP contribution in [0.15, 0.2) is 42.5 Å². The fourth-order valence-corrected chi connectivity index (χ4v) is 4.11. The Balaban J connectivity index is 1.43. The van der Waals surface area contributed by atoms with Gasteiger partial charge in [-0.1, -0.05) is 29.5 Å². The molecular formula is C19H16F3N3OS. The van der Waals surface area contributed by atoms with E-state index in [1.54, 1.807) is 11.3 Å². The van der Waals surface area contributed by atoms with Gasteiger partial charge in [-0.15, -0.1) is 0 Å². The minimum atomic E-state index is -4.51. The smallest absolute Gasteiger partial charge is 0.346 e. The second-order valence-corrected chi connectivity index (χ2v) is 7.61. The van der Waals surface area contributed by atoms with Crippen molar-refractivity contribution in [1.82, 2.24) is 4.98 Å². The van der Waals surface area contributed by atoms with Gasteiger partial charge in [-0.05, 0) is 36.8 Å². The van der Waals surface area contributed by atoms with Crippen LogP contribution in [-0.2, 0) is 11.0 Å². The molecule has 1 fully saturated rings. The maximum absolute atomic E-state index is 13.0. The number of aryl methyl sites for hydroxylation is 1. The lowest BCUT2D eigenvalue weighted by atomic mass is 9.99. The molecular weight excluding hydrogens is 375 g/mol. The number of halogens is 3. The van der Waals surface area contributed by atoms with Crippen LogP contribution in [0, 0.1) is 12.8 Å². The number of para-hydroxylation sites is 1. The Kier molecular flexibility index (Phi) is 4.30. The number of nitrogens with zero attached hydrogens (tertiary/aromatic N) is 2. The summed E-state index contributed by atoms with van der Waals surface area (Å²) in [4.78, 5) is 18.9. The van der Waals surface area contributed by atoms with Crippen LogP contribution in [0.25, 0.3) is 10.2 Å². The number of aromatic nitrogens is 1. The first-order valence-corrected chi connectivity index (χ1v) is 9.22. The van der Waals surface area contributed by atoms with E-state index in [0.29, 0.717) is 13.1 Å². The molecule has 4 rings (SSSR count). The molecule has 3 aromatic rings. The quantitative estimate of drug-likeness (QED) is 0.704. The number of amides is 1. The van der Waals surface area contributed by atoms with Crippen molar-refractivity contribution in [3.05, 3.63) is 53.6 Å². The molecule has 2 heterocycles. The van der Waals surface area contributed by atoms with E-state index in [0.717, 1.165) is 27.0 Å². The Morgan fingerprint density at radius 1 is 1.22 bits per heavy atom. The molecule has 1 amide bonds. The number of hydrogen-bond donors (Lipinski definition) is 1. The maximum atomic E-state index is 13.0. The van der Waals surface area contributed by atoms with Crippen molar-refractivity contribution in [2.24, 2.45) is 5.92 Å². The minimum Gasteiger partial charge on any atom is -0.346 e. The molecule has 0 radical (unpaired) electrons. The number of hydrogen-bond acceptors (Lipinski definition) is 4. The van der Waals surface area contributed by atoms with E-state index in [-0.39, 0.29) is 11.6 Å². The van der Waals surface area contributed by atoms with E-state index in [4.69, 9.17) is 0 Å². The number of anilines is 2. The lowest BCUT2D eigenvalue weighted by Gasteiger charge is -2.38. The van der Waals surface area contributed by atoms with Crippen LogP contribution in [0.4, 0.5) is 24.0 Å². The summed E-state index contributed by atoms with van der Waals surface area (Å²) in [7, 11) is 0. The molecule has 140 valence electrons. The summed E-state index contributed by atoms with van der Waals surface area (Å²) in [5.74, 6) is -0.764. The number of carbonyl (C=O) groups excluding carboxylic acids is 1. The van der Waals surface area contributed by atoms with E-state index < -0.39 is 17.6 Å². The second-order valence-electron chi connectivity index (χ2n) is 6.60. The minimum absolute atomic E-state index is 0.205. The molecule has 0 saturated carbocycles. The van der Waals surface area contributed by atoms with Crippen LogP contribution in [-0.4, -0.2) is 24.0 Å². The first kappa shape index (κ1) is 17.8. The summed E-state index contributed by atoms with van der Waals surface area (Å²) in [5, 5.41) is 3.25. The van der Waals surface area contributed by atoms with Crippen LogP contribution >= 0.6 is 11.3 Å². The molecule has 0 aliphatic carbocycles. The zero-order chi connectivity index (χ0) is 19.2. The van der Waals surface area contributed by atoms with E-state index in [9.17, 15) is 18.0 Å². The largest absolute Gasteiger partial charge is 0.418 e. The Morgan fingerprint density at radius 3 is 2.70 bits per heavy atom. The maximum Gasteiger partial charge on any atom is 0.418 e. The number of benzene rings is 2. The second kappa shape index (κ2) is 6.53. The highest BCUT2D eigenvalue weighted by Crippen LogP contribution is 2.36. The Hall–Kier alpha value is -2.61. The summed E-state index contributed by atoms with van der Waals surface area (Å²) in [6.07, 6.45) is -4.51. The number of fused-ring (bicyclic) bond motifs is 1. The van der Waals surface area contributed by atoms with Gasteiger partial charge in [-0.25, -0.2) is 4.98 Å². The molecule has 0 spiro atoms. The van der Waals surface area contributed by atoms with Gasteiger partial charge in [-0.3, -0.25) is 4.79 Å². The molecule has 27 heavy (non-hydrogen) atoms. The third kappa shape index (κ3) is 3.49. The van der Waals surface area contributed by atoms with Gasteiger partial charge in [-0.2, -0.15) is 13.2 Å². The zero-order valence-electron chi connectivity index (χ0n) is 14.4. The van der Waals surface area contributed by atoms with Gasteiger partial charge < -0.3 is 10.2 Å². The topological polar surface area (TPSA) is 45.2 Å². The normalized spacial score (nSPS) is 15.0. The van der Waals surface area contributed by atoms with Gasteiger partial charge in [0.2, 0.25) is 5.91 Å². The molecule has 0 atom stereocenters. The molecule has 1 aromatic heterocycles. The summed E-state index contributed by atoms with van der Waals surface area (Å²) in [5.41, 5.74) is 1.02. The van der Waals surface area contributed by atoms with Crippen molar-refractivity contribution in [1.29, 1.82) is 0 Å². The van der Waals surface area contributed by atoms with Gasteiger partial charge in [0, 0.05) is 13.1 Å². The molecule has 0 unspecified atom stereocenters. The Bertz CT molecular complexity index is 1010. The SMILES string of the molecule is Cc1ccc2nc(N3CC(C(=O)Nc4ccccc4C(F)(F)F)C3)sc2c1. The van der Waals surface area contributed by atoms with Crippen molar-refractivity contribution in [3.8, 4) is 0 Å². The van der Waals surface area contributed by atoms with Gasteiger partial charge in [0.1, 0.15) is 0 Å². The zero-order valence-corrected chi connectivity index (χ0v) is 15.2. The van der Waals surface area contributed by atoms with Gasteiger partial charge in [0.15, 0.2) is 5.13 Å². The average molecular weight is 391 g/mol. The lowest BCUT2D eigenvalue weighted by Crippen LogP contribution is -2.52. The van der Waals surface area contributed by atoms with Crippen LogP contribution < -0.4 is 10.2 Å². The first-order valence-electron chi connectivity index (χ1n) is 8.40. The molecule has 1 saturated heterocycles. The van der Waals surface area contributed by atoms with E-state index in [1.807, 2.05) is 24.0 Å². The lowest BCUT2D eigenvalue weighted by molar-refractivity contribution is -0.137. The van der Waals surface area contributed by atoms with Crippen molar-refractivity contribution < 1.29 is 18.0 Å². The number of thiazole rings is 1. The predicted octanol–water partition coefficient (Wildman–Crippen LogP) is 4.70. The third-order valence-corrected chi connectivity index (χ3v) is 5.62. The van der Waals surface area contributed by atoms with E-state index >= 15 is 0 Å². The highest BCUT2D eigenvalue weighted by molar-refractivity contribution is 7.22. The Morgan fingerprint density at radius 2 is 1.96 bits per heavy atom.